The summed E-state index contributed by atoms with van der Waals surface area (Å²) in [6.45, 7) is 3.85. The standard InChI is InChI=1S/C21H22N4O4/c1-12-3-6-14(7-4-12)18-19(25-11-13(2)5-10-17(25)24-18)20(27)23-15(21(28)29)8-9-16(22)26/h3-7,10-11,15H,8-9H2,1-2H3,(H2,22,26)(H,23,27)(H,28,29). The highest BCUT2D eigenvalue weighted by molar-refractivity contribution is 6.01. The van der Waals surface area contributed by atoms with Crippen LogP contribution in [0.1, 0.15) is 34.5 Å². The first kappa shape index (κ1) is 20.1. The van der Waals surface area contributed by atoms with Crippen molar-refractivity contribution < 1.29 is 19.5 Å². The lowest BCUT2D eigenvalue weighted by Gasteiger charge is -2.14. The zero-order chi connectivity index (χ0) is 21.1. The van der Waals surface area contributed by atoms with Gasteiger partial charge in [0.25, 0.3) is 5.91 Å². The molecule has 0 aliphatic heterocycles. The molecule has 0 aliphatic carbocycles. The van der Waals surface area contributed by atoms with E-state index in [-0.39, 0.29) is 18.5 Å². The number of imidazole rings is 1. The molecule has 4 N–H and O–H groups in total. The number of nitrogens with zero attached hydrogens (tertiary/aromatic N) is 2. The fourth-order valence-corrected chi connectivity index (χ4v) is 3.05. The molecule has 0 aliphatic rings. The maximum absolute atomic E-state index is 13.1. The van der Waals surface area contributed by atoms with E-state index in [0.717, 1.165) is 16.7 Å². The van der Waals surface area contributed by atoms with Crippen LogP contribution < -0.4 is 11.1 Å². The van der Waals surface area contributed by atoms with Gasteiger partial charge in [-0.25, -0.2) is 9.78 Å². The number of carbonyl (C=O) groups excluding carboxylic acids is 2. The average Bonchev–Trinajstić information content (AvgIpc) is 3.03. The van der Waals surface area contributed by atoms with Gasteiger partial charge in [0.2, 0.25) is 5.91 Å². The molecule has 1 aromatic carbocycles. The molecule has 29 heavy (non-hydrogen) atoms. The lowest BCUT2D eigenvalue weighted by Crippen LogP contribution is -2.42. The summed E-state index contributed by atoms with van der Waals surface area (Å²) in [6.07, 6.45) is 1.54. The molecule has 2 aromatic heterocycles. The minimum Gasteiger partial charge on any atom is -0.480 e. The number of aryl methyl sites for hydroxylation is 2. The second kappa shape index (κ2) is 8.14. The largest absolute Gasteiger partial charge is 0.480 e. The first-order valence-corrected chi connectivity index (χ1v) is 9.14. The number of carbonyl (C=O) groups is 3. The van der Waals surface area contributed by atoms with E-state index in [2.05, 4.69) is 10.3 Å². The zero-order valence-electron chi connectivity index (χ0n) is 16.2. The Labute approximate surface area is 167 Å². The number of nitrogens with one attached hydrogen (secondary N) is 1. The van der Waals surface area contributed by atoms with Crippen molar-refractivity contribution in [3.63, 3.8) is 0 Å². The first-order valence-electron chi connectivity index (χ1n) is 9.14. The number of carboxylic acid groups (broad SMARTS) is 1. The van der Waals surface area contributed by atoms with Gasteiger partial charge in [0, 0.05) is 18.2 Å². The third-order valence-electron chi connectivity index (χ3n) is 4.59. The molecule has 0 radical (unpaired) electrons. The second-order valence-corrected chi connectivity index (χ2v) is 6.98. The van der Waals surface area contributed by atoms with E-state index in [4.69, 9.17) is 5.73 Å². The summed E-state index contributed by atoms with van der Waals surface area (Å²) in [6, 6.07) is 10.0. The highest BCUT2D eigenvalue weighted by Gasteiger charge is 2.26. The van der Waals surface area contributed by atoms with Crippen molar-refractivity contribution in [3.05, 3.63) is 59.4 Å². The van der Waals surface area contributed by atoms with Crippen molar-refractivity contribution in [1.82, 2.24) is 14.7 Å². The third-order valence-corrected chi connectivity index (χ3v) is 4.59. The average molecular weight is 394 g/mol. The van der Waals surface area contributed by atoms with Crippen molar-refractivity contribution in [2.75, 3.05) is 0 Å². The van der Waals surface area contributed by atoms with Gasteiger partial charge in [-0.2, -0.15) is 0 Å². The van der Waals surface area contributed by atoms with Crippen LogP contribution in [-0.2, 0) is 9.59 Å². The number of benzene rings is 1. The van der Waals surface area contributed by atoms with E-state index in [9.17, 15) is 19.5 Å². The molecule has 0 saturated heterocycles. The molecule has 150 valence electrons. The van der Waals surface area contributed by atoms with Crippen LogP contribution in [0.2, 0.25) is 0 Å². The Hall–Kier alpha value is -3.68. The molecule has 8 nitrogen and oxygen atoms in total. The number of primary amides is 1. The first-order chi connectivity index (χ1) is 13.8. The molecule has 3 rings (SSSR count). The van der Waals surface area contributed by atoms with Crippen molar-refractivity contribution in [3.8, 4) is 11.3 Å². The van der Waals surface area contributed by atoms with Crippen LogP contribution in [0.25, 0.3) is 16.9 Å². The molecule has 0 fully saturated rings. The molecule has 0 saturated carbocycles. The summed E-state index contributed by atoms with van der Waals surface area (Å²) in [7, 11) is 0. The predicted octanol–water partition coefficient (Wildman–Crippen LogP) is 2.07. The van der Waals surface area contributed by atoms with Gasteiger partial charge >= 0.3 is 5.97 Å². The Kier molecular flexibility index (Phi) is 5.63. The van der Waals surface area contributed by atoms with E-state index in [1.54, 1.807) is 16.7 Å². The van der Waals surface area contributed by atoms with Crippen LogP contribution in [0.5, 0.6) is 0 Å². The normalized spacial score (nSPS) is 11.9. The molecular weight excluding hydrogens is 372 g/mol. The molecule has 2 amide bonds. The number of pyridine rings is 1. The number of hydrogen-bond acceptors (Lipinski definition) is 4. The number of hydrogen-bond donors (Lipinski definition) is 3. The number of aliphatic carboxylic acids is 1. The van der Waals surface area contributed by atoms with E-state index in [1.165, 1.54) is 0 Å². The number of nitrogens with two attached hydrogens (primary N) is 1. The smallest absolute Gasteiger partial charge is 0.326 e. The molecule has 2 heterocycles. The fourth-order valence-electron chi connectivity index (χ4n) is 3.05. The van der Waals surface area contributed by atoms with Crippen LogP contribution in [0, 0.1) is 13.8 Å². The molecule has 3 aromatic rings. The van der Waals surface area contributed by atoms with Crippen LogP contribution >= 0.6 is 0 Å². The lowest BCUT2D eigenvalue weighted by atomic mass is 10.1. The van der Waals surface area contributed by atoms with E-state index < -0.39 is 23.8 Å². The topological polar surface area (TPSA) is 127 Å². The van der Waals surface area contributed by atoms with Crippen molar-refractivity contribution in [2.45, 2.75) is 32.7 Å². The van der Waals surface area contributed by atoms with Crippen molar-refractivity contribution >= 4 is 23.4 Å². The Bertz CT molecular complexity index is 1090. The minimum absolute atomic E-state index is 0.0912. The molecule has 1 unspecified atom stereocenters. The highest BCUT2D eigenvalue weighted by atomic mass is 16.4. The third kappa shape index (κ3) is 4.43. The molecule has 1 atom stereocenters. The summed E-state index contributed by atoms with van der Waals surface area (Å²) in [5.41, 5.74) is 9.09. The van der Waals surface area contributed by atoms with E-state index in [0.29, 0.717) is 11.3 Å². The number of carboxylic acids is 1. The lowest BCUT2D eigenvalue weighted by molar-refractivity contribution is -0.139. The monoisotopic (exact) mass is 394 g/mol. The Morgan fingerprint density at radius 1 is 1.10 bits per heavy atom. The second-order valence-electron chi connectivity index (χ2n) is 6.98. The van der Waals surface area contributed by atoms with Gasteiger partial charge in [0.15, 0.2) is 0 Å². The molecule has 8 heteroatoms. The van der Waals surface area contributed by atoms with Crippen LogP contribution in [0.3, 0.4) is 0 Å². The van der Waals surface area contributed by atoms with E-state index in [1.807, 2.05) is 44.2 Å². The van der Waals surface area contributed by atoms with Crippen LogP contribution in [0.15, 0.2) is 42.6 Å². The highest BCUT2D eigenvalue weighted by Crippen LogP contribution is 2.25. The summed E-state index contributed by atoms with van der Waals surface area (Å²) in [5, 5.41) is 11.9. The van der Waals surface area contributed by atoms with Crippen molar-refractivity contribution in [1.29, 1.82) is 0 Å². The molecule has 0 spiro atoms. The minimum atomic E-state index is -1.24. The number of aromatic nitrogens is 2. The predicted molar refractivity (Wildman–Crippen MR) is 107 cm³/mol. The summed E-state index contributed by atoms with van der Waals surface area (Å²) in [5.74, 6) is -2.45. The van der Waals surface area contributed by atoms with Gasteiger partial charge in [-0.15, -0.1) is 0 Å². The fraction of sp³-hybridized carbons (Fsp3) is 0.238. The van der Waals surface area contributed by atoms with Gasteiger partial charge in [-0.05, 0) is 31.9 Å². The maximum atomic E-state index is 13.1. The van der Waals surface area contributed by atoms with Crippen LogP contribution in [0.4, 0.5) is 0 Å². The summed E-state index contributed by atoms with van der Waals surface area (Å²) < 4.78 is 1.65. The number of rotatable bonds is 7. The Morgan fingerprint density at radius 2 is 1.76 bits per heavy atom. The SMILES string of the molecule is Cc1ccc(-c2nc3ccc(C)cn3c2C(=O)NC(CCC(N)=O)C(=O)O)cc1. The van der Waals surface area contributed by atoms with Crippen molar-refractivity contribution in [2.24, 2.45) is 5.73 Å². The van der Waals surface area contributed by atoms with Gasteiger partial charge in [0.05, 0.1) is 0 Å². The molecular formula is C21H22N4O4. The summed E-state index contributed by atoms with van der Waals surface area (Å²) >= 11 is 0. The van der Waals surface area contributed by atoms with Gasteiger partial charge in [-0.3, -0.25) is 14.0 Å². The zero-order valence-corrected chi connectivity index (χ0v) is 16.2. The quantitative estimate of drug-likeness (QED) is 0.565. The Balaban J connectivity index is 2.05. The molecule has 0 bridgehead atoms. The van der Waals surface area contributed by atoms with Gasteiger partial charge in [-0.1, -0.05) is 35.9 Å². The van der Waals surface area contributed by atoms with Gasteiger partial charge < -0.3 is 16.2 Å². The van der Waals surface area contributed by atoms with Gasteiger partial charge in [0.1, 0.15) is 23.1 Å². The van der Waals surface area contributed by atoms with E-state index >= 15 is 0 Å². The summed E-state index contributed by atoms with van der Waals surface area (Å²) in [4.78, 5) is 40.2. The number of amides is 2. The van der Waals surface area contributed by atoms with Crippen LogP contribution in [-0.4, -0.2) is 38.3 Å². The Morgan fingerprint density at radius 3 is 2.38 bits per heavy atom. The number of fused-ring (bicyclic) bond motifs is 1. The maximum Gasteiger partial charge on any atom is 0.326 e.